The summed E-state index contributed by atoms with van der Waals surface area (Å²) in [7, 11) is 0. The molecule has 0 saturated heterocycles. The van der Waals surface area contributed by atoms with Gasteiger partial charge in [0.2, 0.25) is 5.91 Å². The molecule has 0 unspecified atom stereocenters. The fraction of sp³-hybridized carbons (Fsp3) is 0.290. The molecular formula is C31H27Cl2FN8O2. The van der Waals surface area contributed by atoms with Crippen LogP contribution in [0.3, 0.4) is 0 Å². The van der Waals surface area contributed by atoms with Crippen molar-refractivity contribution in [2.45, 2.75) is 51.1 Å². The fourth-order valence-electron chi connectivity index (χ4n) is 5.81. The van der Waals surface area contributed by atoms with E-state index < -0.39 is 17.4 Å². The monoisotopic (exact) mass is 632 g/mol. The number of benzene rings is 1. The van der Waals surface area contributed by atoms with Crippen LogP contribution < -0.4 is 10.9 Å². The lowest BCUT2D eigenvalue weighted by Crippen LogP contribution is -2.27. The molecular weight excluding hydrogens is 606 g/mol. The quantitative estimate of drug-likeness (QED) is 0.242. The molecule has 2 aliphatic rings. The Morgan fingerprint density at radius 1 is 1.00 bits per heavy atom. The van der Waals surface area contributed by atoms with Crippen molar-refractivity contribution in [2.24, 2.45) is 5.92 Å². The number of hydrogen-bond acceptors (Lipinski definition) is 6. The molecule has 5 aromatic rings. The molecule has 5 heterocycles. The van der Waals surface area contributed by atoms with E-state index >= 15 is 4.39 Å². The van der Waals surface area contributed by atoms with Gasteiger partial charge in [0.1, 0.15) is 5.82 Å². The highest BCUT2D eigenvalue weighted by atomic mass is 35.5. The van der Waals surface area contributed by atoms with Crippen LogP contribution in [-0.2, 0) is 4.79 Å². The lowest BCUT2D eigenvalue weighted by Gasteiger charge is -2.23. The van der Waals surface area contributed by atoms with Gasteiger partial charge >= 0.3 is 0 Å². The van der Waals surface area contributed by atoms with Crippen molar-refractivity contribution in [1.29, 1.82) is 0 Å². The minimum Gasteiger partial charge on any atom is -0.323 e. The number of fused-ring (bicyclic) bond motifs is 4. The zero-order valence-corrected chi connectivity index (χ0v) is 25.1. The molecule has 1 fully saturated rings. The number of anilines is 1. The third kappa shape index (κ3) is 5.30. The van der Waals surface area contributed by atoms with E-state index in [4.69, 9.17) is 23.2 Å². The second-order valence-corrected chi connectivity index (χ2v) is 12.1. The van der Waals surface area contributed by atoms with Crippen molar-refractivity contribution in [3.05, 3.63) is 93.2 Å². The summed E-state index contributed by atoms with van der Waals surface area (Å²) in [6.07, 6.45) is 9.77. The van der Waals surface area contributed by atoms with E-state index in [1.165, 1.54) is 27.7 Å². The number of pyridine rings is 2. The molecule has 44 heavy (non-hydrogen) atoms. The highest BCUT2D eigenvalue weighted by Crippen LogP contribution is 2.41. The Bertz CT molecular complexity index is 1960. The molecule has 1 saturated carbocycles. The van der Waals surface area contributed by atoms with Gasteiger partial charge in [-0.05, 0) is 56.0 Å². The van der Waals surface area contributed by atoms with Crippen molar-refractivity contribution in [1.82, 2.24) is 34.3 Å². The molecule has 4 aromatic heterocycles. The van der Waals surface area contributed by atoms with Gasteiger partial charge in [-0.1, -0.05) is 41.8 Å². The Morgan fingerprint density at radius 3 is 2.61 bits per heavy atom. The topological polar surface area (TPSA) is 113 Å². The summed E-state index contributed by atoms with van der Waals surface area (Å²) in [6.45, 7) is 1.88. The average molecular weight is 634 g/mol. The summed E-state index contributed by atoms with van der Waals surface area (Å²) in [4.78, 5) is 31.5. The van der Waals surface area contributed by atoms with E-state index in [-0.39, 0.29) is 28.6 Å². The van der Waals surface area contributed by atoms with Gasteiger partial charge in [-0.3, -0.25) is 19.3 Å². The molecule has 0 spiro atoms. The first-order valence-corrected chi connectivity index (χ1v) is 15.2. The van der Waals surface area contributed by atoms with Gasteiger partial charge < -0.3 is 9.88 Å². The Morgan fingerprint density at radius 2 is 1.84 bits per heavy atom. The first-order chi connectivity index (χ1) is 21.3. The lowest BCUT2D eigenvalue weighted by atomic mass is 9.96. The highest BCUT2D eigenvalue weighted by molar-refractivity contribution is 6.31. The van der Waals surface area contributed by atoms with Gasteiger partial charge in [0, 0.05) is 46.1 Å². The van der Waals surface area contributed by atoms with E-state index in [0.29, 0.717) is 46.9 Å². The third-order valence-corrected chi connectivity index (χ3v) is 8.64. The number of nitrogens with one attached hydrogen (secondary N) is 1. The normalized spacial score (nSPS) is 18.7. The van der Waals surface area contributed by atoms with Gasteiger partial charge in [0.15, 0.2) is 5.15 Å². The van der Waals surface area contributed by atoms with Crippen molar-refractivity contribution >= 4 is 34.8 Å². The summed E-state index contributed by atoms with van der Waals surface area (Å²) in [5.41, 5.74) is 3.34. The fourth-order valence-corrected chi connectivity index (χ4v) is 6.10. The second kappa shape index (κ2) is 11.3. The molecule has 1 N–H and O–H groups in total. The summed E-state index contributed by atoms with van der Waals surface area (Å²) in [6, 6.07) is 9.60. The minimum atomic E-state index is -0.622. The number of halogens is 3. The van der Waals surface area contributed by atoms with Crippen LogP contribution in [-0.4, -0.2) is 40.2 Å². The predicted molar refractivity (Wildman–Crippen MR) is 165 cm³/mol. The molecule has 7 rings (SSSR count). The van der Waals surface area contributed by atoms with Gasteiger partial charge in [-0.15, -0.1) is 5.10 Å². The van der Waals surface area contributed by atoms with Crippen molar-refractivity contribution in [3.8, 4) is 28.1 Å². The number of amides is 1. The smallest absolute Gasteiger partial charge is 0.251 e. The Kier molecular flexibility index (Phi) is 7.30. The van der Waals surface area contributed by atoms with E-state index in [9.17, 15) is 9.59 Å². The largest absolute Gasteiger partial charge is 0.323 e. The maximum Gasteiger partial charge on any atom is 0.251 e. The molecule has 2 atom stereocenters. The van der Waals surface area contributed by atoms with Gasteiger partial charge in [0.25, 0.3) is 5.56 Å². The number of aromatic nitrogens is 7. The molecule has 1 aliphatic carbocycles. The molecule has 0 radical (unpaired) electrons. The minimum absolute atomic E-state index is 0.0634. The first kappa shape index (κ1) is 28.4. The summed E-state index contributed by atoms with van der Waals surface area (Å²) in [5.74, 6) is -0.990. The maximum absolute atomic E-state index is 16.1. The molecule has 1 aliphatic heterocycles. The number of carbonyl (C=O) groups is 1. The average Bonchev–Trinajstić information content (AvgIpc) is 3.63. The SMILES string of the molecule is C[C@@H]1CCC[C@H](n2cc(F)c(-c3cc(Cl)ccc3-n3cc(Cl)nn3)cc2=O)c2cc(ccn2)-c2c(cnn2C2CC2)NC1=O. The van der Waals surface area contributed by atoms with Crippen LogP contribution in [0.25, 0.3) is 28.1 Å². The van der Waals surface area contributed by atoms with E-state index in [1.54, 1.807) is 30.6 Å². The molecule has 13 heteroatoms. The van der Waals surface area contributed by atoms with Gasteiger partial charge in [-0.25, -0.2) is 9.07 Å². The van der Waals surface area contributed by atoms with Crippen molar-refractivity contribution < 1.29 is 9.18 Å². The van der Waals surface area contributed by atoms with Gasteiger partial charge in [-0.2, -0.15) is 5.10 Å². The second-order valence-electron chi connectivity index (χ2n) is 11.3. The molecule has 1 aromatic carbocycles. The number of rotatable bonds is 4. The lowest BCUT2D eigenvalue weighted by molar-refractivity contribution is -0.119. The van der Waals surface area contributed by atoms with Crippen LogP contribution in [0.5, 0.6) is 0 Å². The van der Waals surface area contributed by atoms with Crippen LogP contribution in [0, 0.1) is 11.7 Å². The first-order valence-electron chi connectivity index (χ1n) is 14.4. The highest BCUT2D eigenvalue weighted by Gasteiger charge is 2.31. The van der Waals surface area contributed by atoms with Crippen LogP contribution in [0.4, 0.5) is 10.1 Å². The Balaban J connectivity index is 1.34. The maximum atomic E-state index is 16.1. The third-order valence-electron chi connectivity index (χ3n) is 8.23. The van der Waals surface area contributed by atoms with Gasteiger partial charge in [0.05, 0.1) is 47.2 Å². The Hall–Kier alpha value is -4.35. The zero-order chi connectivity index (χ0) is 30.5. The van der Waals surface area contributed by atoms with Crippen molar-refractivity contribution in [3.63, 3.8) is 0 Å². The molecule has 224 valence electrons. The van der Waals surface area contributed by atoms with E-state index in [2.05, 4.69) is 25.7 Å². The van der Waals surface area contributed by atoms with Crippen LogP contribution in [0.2, 0.25) is 10.2 Å². The number of nitrogens with zero attached hydrogens (tertiary/aromatic N) is 7. The summed E-state index contributed by atoms with van der Waals surface area (Å²) in [5, 5.41) is 16.0. The van der Waals surface area contributed by atoms with Crippen molar-refractivity contribution in [2.75, 3.05) is 5.32 Å². The van der Waals surface area contributed by atoms with Crippen LogP contribution in [0.1, 0.15) is 56.8 Å². The van der Waals surface area contributed by atoms with E-state index in [0.717, 1.165) is 24.1 Å². The molecule has 1 amide bonds. The van der Waals surface area contributed by atoms with Crippen LogP contribution >= 0.6 is 23.2 Å². The number of carbonyl (C=O) groups excluding carboxylic acids is 1. The number of hydrogen-bond donors (Lipinski definition) is 1. The van der Waals surface area contributed by atoms with Crippen LogP contribution in [0.15, 0.2) is 66.0 Å². The predicted octanol–water partition coefficient (Wildman–Crippen LogP) is 6.48. The van der Waals surface area contributed by atoms with E-state index in [1.807, 2.05) is 23.7 Å². The standard InChI is InChI=1S/C31H27Cl2FN8O2/c1-17-3-2-4-27(24-11-18(9-10-35-24)30-25(37-31(17)44)14-36-42(30)20-6-7-20)40-15-23(34)21(13-29(40)43)22-12-19(32)5-8-26(22)41-16-28(33)38-39-41/h5,8-17,20,27H,2-4,6-7H2,1H3,(H,37,44)/t17-,27+/m1/s1. The Labute approximate surface area is 261 Å². The molecule has 2 bridgehead atoms. The molecule has 10 nitrogen and oxygen atoms in total. The summed E-state index contributed by atoms with van der Waals surface area (Å²) >= 11 is 12.3. The zero-order valence-electron chi connectivity index (χ0n) is 23.6. The summed E-state index contributed by atoms with van der Waals surface area (Å²) < 4.78 is 20.8.